The third-order valence-corrected chi connectivity index (χ3v) is 5.85. The molecule has 2 aromatic heterocycles. The minimum absolute atomic E-state index is 0.569. The van der Waals surface area contributed by atoms with Gasteiger partial charge in [0.2, 0.25) is 0 Å². The van der Waals surface area contributed by atoms with Gasteiger partial charge in [-0.25, -0.2) is 4.98 Å². The minimum Gasteiger partial charge on any atom is -0.333 e. The zero-order valence-electron chi connectivity index (χ0n) is 11.7. The molecule has 3 nitrogen and oxygen atoms in total. The molecule has 20 heavy (non-hydrogen) atoms. The van der Waals surface area contributed by atoms with Gasteiger partial charge < -0.3 is 9.88 Å². The van der Waals surface area contributed by atoms with Gasteiger partial charge in [0.25, 0.3) is 0 Å². The van der Waals surface area contributed by atoms with E-state index in [4.69, 9.17) is 0 Å². The molecule has 3 atom stereocenters. The molecule has 0 amide bonds. The maximum absolute atomic E-state index is 4.21. The van der Waals surface area contributed by atoms with Crippen LogP contribution in [0.25, 0.3) is 0 Å². The number of fused-ring (bicyclic) bond motifs is 1. The van der Waals surface area contributed by atoms with Crippen molar-refractivity contribution >= 4 is 11.3 Å². The molecule has 1 N–H and O–H groups in total. The fourth-order valence-corrected chi connectivity index (χ4v) is 4.86. The Morgan fingerprint density at radius 2 is 2.25 bits per heavy atom. The Bertz CT molecular complexity index is 560. The monoisotopic (exact) mass is 287 g/mol. The smallest absolute Gasteiger partial charge is 0.0949 e. The first-order valence-corrected chi connectivity index (χ1v) is 8.59. The zero-order valence-corrected chi connectivity index (χ0v) is 12.5. The molecule has 4 heteroatoms. The lowest BCUT2D eigenvalue weighted by atomic mass is 9.93. The van der Waals surface area contributed by atoms with Crippen molar-refractivity contribution in [2.75, 3.05) is 0 Å². The van der Waals surface area contributed by atoms with Crippen LogP contribution in [0.15, 0.2) is 30.2 Å². The van der Waals surface area contributed by atoms with Crippen LogP contribution in [-0.2, 0) is 6.42 Å². The number of nitrogens with zero attached hydrogens (tertiary/aromatic N) is 2. The lowest BCUT2D eigenvalue weighted by molar-refractivity contribution is 0.334. The van der Waals surface area contributed by atoms with Crippen LogP contribution in [-0.4, -0.2) is 15.6 Å². The summed E-state index contributed by atoms with van der Waals surface area (Å²) in [6, 6.07) is 4.08. The van der Waals surface area contributed by atoms with E-state index in [0.29, 0.717) is 18.1 Å². The summed E-state index contributed by atoms with van der Waals surface area (Å²) in [6.07, 6.45) is 13.8. The fraction of sp³-hybridized carbons (Fsp3) is 0.562. The van der Waals surface area contributed by atoms with E-state index in [1.54, 1.807) is 10.4 Å². The maximum atomic E-state index is 4.21. The van der Waals surface area contributed by atoms with Crippen molar-refractivity contribution in [3.8, 4) is 0 Å². The molecule has 0 saturated heterocycles. The summed E-state index contributed by atoms with van der Waals surface area (Å²) in [5, 5.41) is 6.21. The van der Waals surface area contributed by atoms with E-state index in [0.717, 1.165) is 0 Å². The Balaban J connectivity index is 1.52. The van der Waals surface area contributed by atoms with E-state index < -0.39 is 0 Å². The number of imidazole rings is 1. The molecule has 0 radical (unpaired) electrons. The summed E-state index contributed by atoms with van der Waals surface area (Å²) >= 11 is 1.93. The fourth-order valence-electron chi connectivity index (χ4n) is 3.88. The summed E-state index contributed by atoms with van der Waals surface area (Å²) in [5.74, 6) is 0. The number of nitrogens with one attached hydrogen (secondary N) is 1. The van der Waals surface area contributed by atoms with Crippen molar-refractivity contribution in [1.29, 1.82) is 0 Å². The minimum atomic E-state index is 0.569. The quantitative estimate of drug-likeness (QED) is 0.932. The summed E-state index contributed by atoms with van der Waals surface area (Å²) in [4.78, 5) is 5.82. The Labute approximate surface area is 124 Å². The predicted octanol–water partition coefficient (Wildman–Crippen LogP) is 3.71. The van der Waals surface area contributed by atoms with Crippen molar-refractivity contribution in [1.82, 2.24) is 14.9 Å². The standard InChI is InChI=1S/C16H21N3S/c1-4-14(15(5-1)19-9-8-17-11-19)18-13-3-2-6-16-12(13)7-10-20-16/h7-11,13-15,18H,1-6H2. The average molecular weight is 287 g/mol. The third kappa shape index (κ3) is 2.21. The number of thiophene rings is 1. The van der Waals surface area contributed by atoms with Crippen LogP contribution < -0.4 is 5.32 Å². The van der Waals surface area contributed by atoms with Crippen LogP contribution in [0.4, 0.5) is 0 Å². The molecule has 2 aliphatic carbocycles. The number of rotatable bonds is 3. The molecule has 0 aliphatic heterocycles. The number of hydrogen-bond donors (Lipinski definition) is 1. The van der Waals surface area contributed by atoms with Crippen LogP contribution in [0.5, 0.6) is 0 Å². The van der Waals surface area contributed by atoms with Gasteiger partial charge in [-0.3, -0.25) is 0 Å². The second-order valence-electron chi connectivity index (χ2n) is 6.03. The highest BCUT2D eigenvalue weighted by molar-refractivity contribution is 7.10. The van der Waals surface area contributed by atoms with E-state index in [1.807, 2.05) is 23.9 Å². The first-order valence-electron chi connectivity index (χ1n) is 7.71. The molecule has 1 fully saturated rings. The molecule has 106 valence electrons. The Morgan fingerprint density at radius 3 is 3.15 bits per heavy atom. The highest BCUT2D eigenvalue weighted by atomic mass is 32.1. The van der Waals surface area contributed by atoms with Gasteiger partial charge in [0.1, 0.15) is 0 Å². The summed E-state index contributed by atoms with van der Waals surface area (Å²) in [6.45, 7) is 0. The number of aryl methyl sites for hydroxylation is 1. The van der Waals surface area contributed by atoms with Crippen LogP contribution in [0, 0.1) is 0 Å². The van der Waals surface area contributed by atoms with E-state index >= 15 is 0 Å². The Morgan fingerprint density at radius 1 is 1.25 bits per heavy atom. The van der Waals surface area contributed by atoms with Crippen molar-refractivity contribution in [3.05, 3.63) is 40.6 Å². The van der Waals surface area contributed by atoms with Gasteiger partial charge in [0.05, 0.1) is 6.33 Å². The molecule has 4 rings (SSSR count). The maximum Gasteiger partial charge on any atom is 0.0949 e. The zero-order chi connectivity index (χ0) is 13.4. The molecule has 2 heterocycles. The van der Waals surface area contributed by atoms with Crippen molar-refractivity contribution < 1.29 is 0 Å². The molecule has 0 aromatic carbocycles. The van der Waals surface area contributed by atoms with E-state index in [9.17, 15) is 0 Å². The van der Waals surface area contributed by atoms with Gasteiger partial charge in [0.15, 0.2) is 0 Å². The summed E-state index contributed by atoms with van der Waals surface area (Å²) in [5.41, 5.74) is 1.57. The normalized spacial score (nSPS) is 29.5. The molecule has 2 aromatic rings. The number of aromatic nitrogens is 2. The second kappa shape index (κ2) is 5.34. The van der Waals surface area contributed by atoms with Gasteiger partial charge in [-0.1, -0.05) is 0 Å². The Kier molecular flexibility index (Phi) is 3.36. The molecular formula is C16H21N3S. The first-order chi connectivity index (χ1) is 9.92. The lowest BCUT2D eigenvalue weighted by Gasteiger charge is -2.30. The molecule has 0 spiro atoms. The predicted molar refractivity (Wildman–Crippen MR) is 82.0 cm³/mol. The SMILES string of the molecule is c1cn(C2CCCC2NC2CCCc3sccc32)cn1. The van der Waals surface area contributed by atoms with Crippen LogP contribution in [0.3, 0.4) is 0 Å². The van der Waals surface area contributed by atoms with Crippen LogP contribution >= 0.6 is 11.3 Å². The van der Waals surface area contributed by atoms with Crippen molar-refractivity contribution in [2.24, 2.45) is 0 Å². The van der Waals surface area contributed by atoms with E-state index in [2.05, 4.69) is 32.5 Å². The molecule has 2 aliphatic rings. The van der Waals surface area contributed by atoms with Crippen LogP contribution in [0.2, 0.25) is 0 Å². The average Bonchev–Trinajstić information content (AvgIpc) is 3.20. The topological polar surface area (TPSA) is 29.9 Å². The van der Waals surface area contributed by atoms with Crippen LogP contribution in [0.1, 0.15) is 54.6 Å². The van der Waals surface area contributed by atoms with Gasteiger partial charge in [-0.15, -0.1) is 11.3 Å². The van der Waals surface area contributed by atoms with Crippen molar-refractivity contribution in [3.63, 3.8) is 0 Å². The highest BCUT2D eigenvalue weighted by Crippen LogP contribution is 2.37. The lowest BCUT2D eigenvalue weighted by Crippen LogP contribution is -2.37. The van der Waals surface area contributed by atoms with E-state index in [1.165, 1.54) is 38.5 Å². The molecule has 3 unspecified atom stereocenters. The van der Waals surface area contributed by atoms with Gasteiger partial charge in [-0.2, -0.15) is 0 Å². The van der Waals surface area contributed by atoms with Crippen molar-refractivity contribution in [2.45, 2.75) is 56.7 Å². The summed E-state index contributed by atoms with van der Waals surface area (Å²) < 4.78 is 2.29. The largest absolute Gasteiger partial charge is 0.333 e. The molecule has 0 bridgehead atoms. The van der Waals surface area contributed by atoms with Gasteiger partial charge in [0, 0.05) is 35.4 Å². The molecule has 1 saturated carbocycles. The second-order valence-corrected chi connectivity index (χ2v) is 7.03. The third-order valence-electron chi connectivity index (χ3n) is 4.85. The highest BCUT2D eigenvalue weighted by Gasteiger charge is 2.31. The first kappa shape index (κ1) is 12.6. The number of hydrogen-bond acceptors (Lipinski definition) is 3. The molecular weight excluding hydrogens is 266 g/mol. The van der Waals surface area contributed by atoms with Gasteiger partial charge in [-0.05, 0) is 55.5 Å². The summed E-state index contributed by atoms with van der Waals surface area (Å²) in [7, 11) is 0. The van der Waals surface area contributed by atoms with Gasteiger partial charge >= 0.3 is 0 Å². The van der Waals surface area contributed by atoms with E-state index in [-0.39, 0.29) is 0 Å². The Hall–Kier alpha value is -1.13.